The van der Waals surface area contributed by atoms with E-state index in [1.165, 1.54) is 12.0 Å². The van der Waals surface area contributed by atoms with Crippen LogP contribution in [0.1, 0.15) is 24.8 Å². The molecule has 1 N–H and O–H groups in total. The summed E-state index contributed by atoms with van der Waals surface area (Å²) in [6.07, 6.45) is 3.53. The van der Waals surface area contributed by atoms with Crippen LogP contribution in [0.5, 0.6) is 0 Å². The predicted octanol–water partition coefficient (Wildman–Crippen LogP) is 2.88. The molecule has 1 aliphatic rings. The van der Waals surface area contributed by atoms with E-state index in [9.17, 15) is 0 Å². The largest absolute Gasteiger partial charge is 0.376 e. The monoisotopic (exact) mass is 403 g/mol. The summed E-state index contributed by atoms with van der Waals surface area (Å²) in [6, 6.07) is 10.3. The van der Waals surface area contributed by atoms with Crippen molar-refractivity contribution >= 4 is 29.9 Å². The minimum absolute atomic E-state index is 0. The Hall–Kier alpha value is -0.820. The Bertz CT molecular complexity index is 439. The second kappa shape index (κ2) is 8.58. The third-order valence-electron chi connectivity index (χ3n) is 3.94. The lowest BCUT2D eigenvalue weighted by Gasteiger charge is -2.41. The molecule has 2 rings (SSSR count). The van der Waals surface area contributed by atoms with Gasteiger partial charge in [0, 0.05) is 27.7 Å². The maximum atomic E-state index is 5.63. The first-order valence-electron chi connectivity index (χ1n) is 7.20. The van der Waals surface area contributed by atoms with Crippen molar-refractivity contribution in [3.05, 3.63) is 35.9 Å². The average Bonchev–Trinajstić information content (AvgIpc) is 2.42. The van der Waals surface area contributed by atoms with Crippen LogP contribution < -0.4 is 5.32 Å². The number of guanidine groups is 1. The number of hydrogen-bond donors (Lipinski definition) is 1. The second-order valence-corrected chi connectivity index (χ2v) is 5.61. The van der Waals surface area contributed by atoms with Crippen molar-refractivity contribution in [1.82, 2.24) is 10.2 Å². The van der Waals surface area contributed by atoms with Gasteiger partial charge in [-0.15, -0.1) is 24.0 Å². The van der Waals surface area contributed by atoms with Gasteiger partial charge >= 0.3 is 0 Å². The minimum atomic E-state index is 0. The van der Waals surface area contributed by atoms with Crippen molar-refractivity contribution in [1.29, 1.82) is 0 Å². The van der Waals surface area contributed by atoms with Crippen molar-refractivity contribution in [2.75, 3.05) is 27.7 Å². The van der Waals surface area contributed by atoms with Crippen molar-refractivity contribution in [2.45, 2.75) is 31.4 Å². The number of rotatable bonds is 5. The zero-order valence-corrected chi connectivity index (χ0v) is 15.5. The van der Waals surface area contributed by atoms with Gasteiger partial charge in [0.25, 0.3) is 0 Å². The molecule has 0 spiro atoms. The van der Waals surface area contributed by atoms with E-state index in [2.05, 4.69) is 22.4 Å². The van der Waals surface area contributed by atoms with Gasteiger partial charge in [-0.05, 0) is 24.8 Å². The Morgan fingerprint density at radius 3 is 2.43 bits per heavy atom. The van der Waals surface area contributed by atoms with Crippen LogP contribution >= 0.6 is 24.0 Å². The van der Waals surface area contributed by atoms with E-state index in [0.29, 0.717) is 6.54 Å². The molecule has 0 bridgehead atoms. The van der Waals surface area contributed by atoms with Gasteiger partial charge in [-0.25, -0.2) is 4.99 Å². The van der Waals surface area contributed by atoms with Crippen LogP contribution in [0.25, 0.3) is 0 Å². The quantitative estimate of drug-likeness (QED) is 0.467. The molecule has 1 fully saturated rings. The Kier molecular flexibility index (Phi) is 7.45. The van der Waals surface area contributed by atoms with Gasteiger partial charge in [-0.2, -0.15) is 0 Å². The van der Waals surface area contributed by atoms with E-state index in [1.807, 2.05) is 37.2 Å². The predicted molar refractivity (Wildman–Crippen MR) is 98.3 cm³/mol. The number of aliphatic imine (C=N–C) groups is 1. The summed E-state index contributed by atoms with van der Waals surface area (Å²) in [5, 5.41) is 3.43. The van der Waals surface area contributed by atoms with E-state index in [-0.39, 0.29) is 29.6 Å². The molecule has 0 atom stereocenters. The van der Waals surface area contributed by atoms with Crippen LogP contribution in [0.3, 0.4) is 0 Å². The van der Waals surface area contributed by atoms with Crippen LogP contribution in [0, 0.1) is 0 Å². The summed E-state index contributed by atoms with van der Waals surface area (Å²) in [7, 11) is 5.82. The van der Waals surface area contributed by atoms with Crippen molar-refractivity contribution in [3.63, 3.8) is 0 Å². The first-order chi connectivity index (χ1) is 9.65. The third kappa shape index (κ3) is 5.14. The first kappa shape index (κ1) is 18.2. The highest BCUT2D eigenvalue weighted by Gasteiger charge is 2.37. The molecule has 1 aromatic carbocycles. The molecule has 0 saturated heterocycles. The molecule has 0 amide bonds. The normalized spacial score (nSPS) is 16.6. The summed E-state index contributed by atoms with van der Waals surface area (Å²) in [5.41, 5.74) is 1.24. The Morgan fingerprint density at radius 1 is 1.29 bits per heavy atom. The highest BCUT2D eigenvalue weighted by Crippen LogP contribution is 2.34. The molecule has 1 saturated carbocycles. The number of hydrogen-bond acceptors (Lipinski definition) is 2. The lowest BCUT2D eigenvalue weighted by Crippen LogP contribution is -2.51. The first-order valence-corrected chi connectivity index (χ1v) is 7.20. The Labute approximate surface area is 145 Å². The summed E-state index contributed by atoms with van der Waals surface area (Å²) in [4.78, 5) is 6.68. The lowest BCUT2D eigenvalue weighted by atomic mass is 9.80. The smallest absolute Gasteiger partial charge is 0.193 e. The zero-order valence-electron chi connectivity index (χ0n) is 13.1. The number of nitrogens with zero attached hydrogens (tertiary/aromatic N) is 2. The van der Waals surface area contributed by atoms with Crippen LogP contribution in [0.4, 0.5) is 0 Å². The number of halogens is 1. The van der Waals surface area contributed by atoms with Crippen molar-refractivity contribution in [3.8, 4) is 0 Å². The fourth-order valence-electron chi connectivity index (χ4n) is 2.37. The molecule has 1 aliphatic carbocycles. The van der Waals surface area contributed by atoms with Crippen molar-refractivity contribution < 1.29 is 4.74 Å². The van der Waals surface area contributed by atoms with Gasteiger partial charge in [-0.3, -0.25) is 0 Å². The summed E-state index contributed by atoms with van der Waals surface area (Å²) in [6.45, 7) is 1.52. The highest BCUT2D eigenvalue weighted by atomic mass is 127. The van der Waals surface area contributed by atoms with E-state index in [1.54, 1.807) is 7.11 Å². The van der Waals surface area contributed by atoms with Crippen LogP contribution in [0.2, 0.25) is 0 Å². The maximum absolute atomic E-state index is 5.63. The molecule has 0 heterocycles. The zero-order chi connectivity index (χ0) is 14.4. The fraction of sp³-hybridized carbons (Fsp3) is 0.562. The molecule has 0 aliphatic heterocycles. The van der Waals surface area contributed by atoms with Crippen LogP contribution in [0.15, 0.2) is 35.3 Å². The topological polar surface area (TPSA) is 36.9 Å². The fourth-order valence-corrected chi connectivity index (χ4v) is 2.37. The molecular formula is C16H26IN3O. The van der Waals surface area contributed by atoms with Gasteiger partial charge in [-0.1, -0.05) is 30.3 Å². The summed E-state index contributed by atoms with van der Waals surface area (Å²) >= 11 is 0. The molecule has 0 aromatic heterocycles. The molecule has 21 heavy (non-hydrogen) atoms. The van der Waals surface area contributed by atoms with Gasteiger partial charge in [0.15, 0.2) is 5.96 Å². The standard InChI is InChI=1S/C16H25N3O.HI/c1-19(2)15(17-12-14-8-5-4-6-9-14)18-13-16(20-3)10-7-11-16;/h4-6,8-9H,7,10-13H2,1-3H3,(H,17,18);1H. The molecular weight excluding hydrogens is 377 g/mol. The number of benzene rings is 1. The van der Waals surface area contributed by atoms with E-state index in [4.69, 9.17) is 4.74 Å². The molecule has 118 valence electrons. The average molecular weight is 403 g/mol. The van der Waals surface area contributed by atoms with Gasteiger partial charge < -0.3 is 15.0 Å². The van der Waals surface area contributed by atoms with Crippen molar-refractivity contribution in [2.24, 2.45) is 4.99 Å². The van der Waals surface area contributed by atoms with Crippen LogP contribution in [-0.4, -0.2) is 44.2 Å². The second-order valence-electron chi connectivity index (χ2n) is 5.61. The SMILES string of the molecule is COC1(CNC(=NCc2ccccc2)N(C)C)CCC1.I. The molecule has 4 nitrogen and oxygen atoms in total. The van der Waals surface area contributed by atoms with Crippen LogP contribution in [-0.2, 0) is 11.3 Å². The number of ether oxygens (including phenoxy) is 1. The summed E-state index contributed by atoms with van der Waals surface area (Å²) in [5.74, 6) is 0.914. The van der Waals surface area contributed by atoms with Gasteiger partial charge in [0.2, 0.25) is 0 Å². The number of nitrogens with one attached hydrogen (secondary N) is 1. The molecule has 0 unspecified atom stereocenters. The van der Waals surface area contributed by atoms with E-state index >= 15 is 0 Å². The third-order valence-corrected chi connectivity index (χ3v) is 3.94. The van der Waals surface area contributed by atoms with E-state index < -0.39 is 0 Å². The lowest BCUT2D eigenvalue weighted by molar-refractivity contribution is -0.0668. The molecule has 0 radical (unpaired) electrons. The number of methoxy groups -OCH3 is 1. The molecule has 1 aromatic rings. The Morgan fingerprint density at radius 2 is 1.95 bits per heavy atom. The van der Waals surface area contributed by atoms with E-state index in [0.717, 1.165) is 25.3 Å². The molecule has 5 heteroatoms. The minimum Gasteiger partial charge on any atom is -0.376 e. The Balaban J connectivity index is 0.00000220. The highest BCUT2D eigenvalue weighted by molar-refractivity contribution is 14.0. The van der Waals surface area contributed by atoms with Gasteiger partial charge in [0.05, 0.1) is 12.1 Å². The van der Waals surface area contributed by atoms with Gasteiger partial charge in [0.1, 0.15) is 0 Å². The summed E-state index contributed by atoms with van der Waals surface area (Å²) < 4.78 is 5.63. The maximum Gasteiger partial charge on any atom is 0.193 e.